The van der Waals surface area contributed by atoms with Crippen LogP contribution in [0.4, 0.5) is 5.82 Å². The predicted octanol–water partition coefficient (Wildman–Crippen LogP) is 5.31. The summed E-state index contributed by atoms with van der Waals surface area (Å²) in [7, 11) is 0. The van der Waals surface area contributed by atoms with Crippen LogP contribution in [0.3, 0.4) is 0 Å². The zero-order valence-electron chi connectivity index (χ0n) is 20.7. The highest BCUT2D eigenvalue weighted by atomic mass is 16.5. The van der Waals surface area contributed by atoms with Crippen molar-refractivity contribution in [1.82, 2.24) is 14.9 Å². The summed E-state index contributed by atoms with van der Waals surface area (Å²) in [6.45, 7) is 6.68. The van der Waals surface area contributed by atoms with E-state index in [-0.39, 0.29) is 12.0 Å². The maximum Gasteiger partial charge on any atom is 0.254 e. The van der Waals surface area contributed by atoms with E-state index in [9.17, 15) is 4.79 Å². The molecule has 1 aromatic heterocycles. The summed E-state index contributed by atoms with van der Waals surface area (Å²) in [5.74, 6) is 1.71. The van der Waals surface area contributed by atoms with Crippen molar-refractivity contribution in [3.05, 3.63) is 96.2 Å². The van der Waals surface area contributed by atoms with Crippen molar-refractivity contribution >= 4 is 34.4 Å². The van der Waals surface area contributed by atoms with E-state index in [0.717, 1.165) is 33.7 Å². The van der Waals surface area contributed by atoms with Gasteiger partial charge in [-0.3, -0.25) is 9.78 Å². The van der Waals surface area contributed by atoms with Gasteiger partial charge in [0.05, 0.1) is 23.3 Å². The molecule has 0 unspecified atom stereocenters. The van der Waals surface area contributed by atoms with Gasteiger partial charge in [0, 0.05) is 31.8 Å². The van der Waals surface area contributed by atoms with Crippen LogP contribution in [0, 0.1) is 0 Å². The highest BCUT2D eigenvalue weighted by molar-refractivity contribution is 6.24. The van der Waals surface area contributed by atoms with Gasteiger partial charge < -0.3 is 14.5 Å². The minimum Gasteiger partial charge on any atom is -0.491 e. The van der Waals surface area contributed by atoms with Crippen molar-refractivity contribution in [2.75, 3.05) is 31.1 Å². The van der Waals surface area contributed by atoms with E-state index < -0.39 is 0 Å². The highest BCUT2D eigenvalue weighted by Crippen LogP contribution is 2.24. The van der Waals surface area contributed by atoms with Gasteiger partial charge in [0.2, 0.25) is 0 Å². The number of para-hydroxylation sites is 2. The molecular formula is C30H30N4O2. The van der Waals surface area contributed by atoms with Crippen LogP contribution in [0.1, 0.15) is 25.0 Å². The summed E-state index contributed by atoms with van der Waals surface area (Å²) in [5, 5.41) is 0. The molecule has 6 nitrogen and oxygen atoms in total. The number of amides is 1. The average Bonchev–Trinajstić information content (AvgIpc) is 2.92. The molecule has 0 radical (unpaired) electrons. The molecule has 1 saturated heterocycles. The molecule has 1 aliphatic rings. The maximum absolute atomic E-state index is 13.7. The molecule has 0 aliphatic carbocycles. The Hall–Kier alpha value is -4.19. The molecule has 1 fully saturated rings. The van der Waals surface area contributed by atoms with E-state index in [1.807, 2.05) is 110 Å². The first-order chi connectivity index (χ1) is 17.6. The van der Waals surface area contributed by atoms with E-state index in [0.29, 0.717) is 31.8 Å². The lowest BCUT2D eigenvalue weighted by Crippen LogP contribution is -2.49. The number of hydrogen-bond acceptors (Lipinski definition) is 5. The van der Waals surface area contributed by atoms with Crippen molar-refractivity contribution in [3.8, 4) is 5.75 Å². The Labute approximate surface area is 211 Å². The van der Waals surface area contributed by atoms with Gasteiger partial charge in [0.25, 0.3) is 5.91 Å². The second-order valence-corrected chi connectivity index (χ2v) is 9.16. The van der Waals surface area contributed by atoms with Gasteiger partial charge in [-0.05, 0) is 55.3 Å². The van der Waals surface area contributed by atoms with Gasteiger partial charge >= 0.3 is 0 Å². The van der Waals surface area contributed by atoms with Gasteiger partial charge in [-0.2, -0.15) is 0 Å². The molecule has 0 atom stereocenters. The molecule has 0 bridgehead atoms. The molecule has 6 heteroatoms. The van der Waals surface area contributed by atoms with Crippen LogP contribution >= 0.6 is 0 Å². The third-order valence-corrected chi connectivity index (χ3v) is 6.20. The number of benzene rings is 3. The first-order valence-corrected chi connectivity index (χ1v) is 12.4. The van der Waals surface area contributed by atoms with Gasteiger partial charge in [0.15, 0.2) is 0 Å². The van der Waals surface area contributed by atoms with Crippen LogP contribution in [0.2, 0.25) is 0 Å². The smallest absolute Gasteiger partial charge is 0.254 e. The zero-order valence-corrected chi connectivity index (χ0v) is 20.7. The summed E-state index contributed by atoms with van der Waals surface area (Å²) in [6.07, 6.45) is 3.91. The van der Waals surface area contributed by atoms with Gasteiger partial charge in [-0.15, -0.1) is 0 Å². The zero-order chi connectivity index (χ0) is 24.9. The fraction of sp³-hybridized carbons (Fsp3) is 0.233. The Morgan fingerprint density at radius 2 is 1.53 bits per heavy atom. The third-order valence-electron chi connectivity index (χ3n) is 6.20. The molecule has 5 rings (SSSR count). The van der Waals surface area contributed by atoms with Gasteiger partial charge in [0.1, 0.15) is 11.6 Å². The average molecular weight is 479 g/mol. The number of anilines is 1. The van der Waals surface area contributed by atoms with E-state index in [2.05, 4.69) is 9.88 Å². The van der Waals surface area contributed by atoms with Crippen molar-refractivity contribution in [2.24, 2.45) is 0 Å². The number of aromatic nitrogens is 2. The quantitative estimate of drug-likeness (QED) is 0.278. The molecule has 1 aliphatic heterocycles. The van der Waals surface area contributed by atoms with Crippen LogP contribution in [0.25, 0.3) is 22.7 Å². The number of rotatable bonds is 6. The van der Waals surface area contributed by atoms with Crippen LogP contribution in [0.5, 0.6) is 5.75 Å². The van der Waals surface area contributed by atoms with Crippen LogP contribution in [-0.2, 0) is 4.79 Å². The molecule has 0 N–H and O–H groups in total. The van der Waals surface area contributed by atoms with E-state index >= 15 is 0 Å². The Morgan fingerprint density at radius 3 is 2.22 bits per heavy atom. The van der Waals surface area contributed by atoms with E-state index in [1.165, 1.54) is 0 Å². The highest BCUT2D eigenvalue weighted by Gasteiger charge is 2.25. The molecular weight excluding hydrogens is 448 g/mol. The number of carbonyl (C=O) groups is 1. The fourth-order valence-corrected chi connectivity index (χ4v) is 4.38. The Balaban J connectivity index is 1.33. The monoisotopic (exact) mass is 478 g/mol. The van der Waals surface area contributed by atoms with Gasteiger partial charge in [-0.1, -0.05) is 54.6 Å². The normalized spacial score (nSPS) is 14.4. The second kappa shape index (κ2) is 10.6. The van der Waals surface area contributed by atoms with Crippen LogP contribution in [0.15, 0.2) is 85.1 Å². The van der Waals surface area contributed by atoms with E-state index in [4.69, 9.17) is 9.72 Å². The number of carbonyl (C=O) groups excluding carboxylic acids is 1. The molecule has 1 amide bonds. The predicted molar refractivity (Wildman–Crippen MR) is 145 cm³/mol. The first kappa shape index (κ1) is 23.5. The summed E-state index contributed by atoms with van der Waals surface area (Å²) in [5.41, 5.74) is 4.33. The summed E-state index contributed by atoms with van der Waals surface area (Å²) in [4.78, 5) is 27.2. The topological polar surface area (TPSA) is 58.6 Å². The molecule has 36 heavy (non-hydrogen) atoms. The van der Waals surface area contributed by atoms with Gasteiger partial charge in [-0.25, -0.2) is 4.98 Å². The number of fused-ring (bicyclic) bond motifs is 1. The van der Waals surface area contributed by atoms with Crippen LogP contribution in [-0.4, -0.2) is 53.1 Å². The van der Waals surface area contributed by atoms with Crippen molar-refractivity contribution < 1.29 is 9.53 Å². The Bertz CT molecular complexity index is 1360. The summed E-state index contributed by atoms with van der Waals surface area (Å²) in [6, 6.07) is 25.6. The first-order valence-electron chi connectivity index (χ1n) is 12.4. The number of nitrogens with zero attached hydrogens (tertiary/aromatic N) is 4. The lowest BCUT2D eigenvalue weighted by atomic mass is 10.0. The van der Waals surface area contributed by atoms with Crippen LogP contribution < -0.4 is 9.64 Å². The summed E-state index contributed by atoms with van der Waals surface area (Å²) >= 11 is 0. The second-order valence-electron chi connectivity index (χ2n) is 9.16. The van der Waals surface area contributed by atoms with Crippen molar-refractivity contribution in [2.45, 2.75) is 20.0 Å². The Morgan fingerprint density at radius 1 is 0.861 bits per heavy atom. The maximum atomic E-state index is 13.7. The molecule has 0 saturated carbocycles. The lowest BCUT2D eigenvalue weighted by molar-refractivity contribution is -0.125. The number of ether oxygens (including phenoxy) is 1. The summed E-state index contributed by atoms with van der Waals surface area (Å²) < 4.78 is 5.76. The SMILES string of the molecule is CC(C)Oc1ccc(/C=C(/C(=O)N2CCN(c3cnc4ccccc4n3)CC2)c2ccccc2)cc1. The Kier molecular flexibility index (Phi) is 6.94. The van der Waals surface area contributed by atoms with E-state index in [1.54, 1.807) is 0 Å². The molecule has 0 spiro atoms. The molecule has 3 aromatic carbocycles. The van der Waals surface area contributed by atoms with Crippen molar-refractivity contribution in [3.63, 3.8) is 0 Å². The number of hydrogen-bond donors (Lipinski definition) is 0. The molecule has 4 aromatic rings. The fourth-order valence-electron chi connectivity index (χ4n) is 4.38. The minimum atomic E-state index is 0.0351. The minimum absolute atomic E-state index is 0.0351. The number of piperazine rings is 1. The standard InChI is InChI=1S/C30H30N4O2/c1-22(2)36-25-14-12-23(13-15-25)20-26(24-8-4-3-5-9-24)30(35)34-18-16-33(17-19-34)29-21-31-27-10-6-7-11-28(27)32-29/h3-15,20-22H,16-19H2,1-2H3/b26-20+. The third kappa shape index (κ3) is 5.38. The largest absolute Gasteiger partial charge is 0.491 e. The molecule has 182 valence electrons. The van der Waals surface area contributed by atoms with Crippen molar-refractivity contribution in [1.29, 1.82) is 0 Å². The molecule has 2 heterocycles. The lowest BCUT2D eigenvalue weighted by Gasteiger charge is -2.35.